The highest BCUT2D eigenvalue weighted by Gasteiger charge is 2.39. The third-order valence-corrected chi connectivity index (χ3v) is 4.38. The number of Topliss-reactive ketones (excluding diaryl/α,β-unsaturated/α-hetero) is 1. The van der Waals surface area contributed by atoms with E-state index in [0.29, 0.717) is 24.4 Å². The standard InChI is InChI=1S/C19H19NO6/c1-12(21)13-2-4-14(5-3-13)15-6-7-16(26-15)18(24)20-19(10-17(22)23)8-9-25-11-19/h2-7H,8-11H2,1H3,(H,20,24)(H,22,23). The summed E-state index contributed by atoms with van der Waals surface area (Å²) in [5.41, 5.74) is 0.410. The van der Waals surface area contributed by atoms with Crippen LogP contribution in [0.1, 0.15) is 40.7 Å². The molecular weight excluding hydrogens is 338 g/mol. The highest BCUT2D eigenvalue weighted by molar-refractivity contribution is 5.95. The van der Waals surface area contributed by atoms with E-state index < -0.39 is 17.4 Å². The van der Waals surface area contributed by atoms with Gasteiger partial charge in [-0.05, 0) is 25.5 Å². The van der Waals surface area contributed by atoms with E-state index in [0.717, 1.165) is 5.56 Å². The number of carboxylic acid groups (broad SMARTS) is 1. The van der Waals surface area contributed by atoms with Gasteiger partial charge in [-0.1, -0.05) is 24.3 Å². The van der Waals surface area contributed by atoms with Crippen molar-refractivity contribution in [2.24, 2.45) is 0 Å². The number of nitrogens with one attached hydrogen (secondary N) is 1. The largest absolute Gasteiger partial charge is 0.481 e. The van der Waals surface area contributed by atoms with Crippen LogP contribution in [0.5, 0.6) is 0 Å². The smallest absolute Gasteiger partial charge is 0.305 e. The van der Waals surface area contributed by atoms with E-state index in [-0.39, 0.29) is 24.6 Å². The minimum atomic E-state index is -0.999. The molecule has 1 unspecified atom stereocenters. The number of rotatable bonds is 6. The van der Waals surface area contributed by atoms with Crippen LogP contribution < -0.4 is 5.32 Å². The molecule has 3 rings (SSSR count). The number of carbonyl (C=O) groups is 3. The summed E-state index contributed by atoms with van der Waals surface area (Å²) in [5, 5.41) is 11.8. The predicted octanol–water partition coefficient (Wildman–Crippen LogP) is 2.51. The number of ether oxygens (including phenoxy) is 1. The summed E-state index contributed by atoms with van der Waals surface area (Å²) in [7, 11) is 0. The predicted molar refractivity (Wildman–Crippen MR) is 92.0 cm³/mol. The van der Waals surface area contributed by atoms with Crippen LogP contribution >= 0.6 is 0 Å². The minimum absolute atomic E-state index is 0.0291. The molecule has 1 saturated heterocycles. The van der Waals surface area contributed by atoms with Gasteiger partial charge in [-0.15, -0.1) is 0 Å². The number of hydrogen-bond acceptors (Lipinski definition) is 5. The van der Waals surface area contributed by atoms with Gasteiger partial charge in [0.1, 0.15) is 5.76 Å². The molecule has 0 spiro atoms. The van der Waals surface area contributed by atoms with Crippen LogP contribution in [-0.2, 0) is 9.53 Å². The van der Waals surface area contributed by atoms with Crippen LogP contribution in [0.4, 0.5) is 0 Å². The van der Waals surface area contributed by atoms with Crippen molar-refractivity contribution in [1.82, 2.24) is 5.32 Å². The molecule has 1 aromatic carbocycles. The highest BCUT2D eigenvalue weighted by Crippen LogP contribution is 2.26. The van der Waals surface area contributed by atoms with Crippen molar-refractivity contribution >= 4 is 17.7 Å². The topological polar surface area (TPSA) is 106 Å². The fourth-order valence-corrected chi connectivity index (χ4v) is 2.97. The second-order valence-corrected chi connectivity index (χ2v) is 6.40. The van der Waals surface area contributed by atoms with Gasteiger partial charge < -0.3 is 19.6 Å². The molecule has 2 heterocycles. The lowest BCUT2D eigenvalue weighted by molar-refractivity contribution is -0.138. The first-order valence-corrected chi connectivity index (χ1v) is 8.22. The van der Waals surface area contributed by atoms with Crippen LogP contribution in [0.2, 0.25) is 0 Å². The quantitative estimate of drug-likeness (QED) is 0.770. The molecule has 1 aliphatic rings. The van der Waals surface area contributed by atoms with Crippen molar-refractivity contribution in [1.29, 1.82) is 0 Å². The Bertz CT molecular complexity index is 830. The molecule has 1 amide bonds. The maximum atomic E-state index is 12.5. The Morgan fingerprint density at radius 3 is 2.46 bits per heavy atom. The van der Waals surface area contributed by atoms with Crippen LogP contribution in [0, 0.1) is 0 Å². The SMILES string of the molecule is CC(=O)c1ccc(-c2ccc(C(=O)NC3(CC(=O)O)CCOC3)o2)cc1. The summed E-state index contributed by atoms with van der Waals surface area (Å²) in [6, 6.07) is 10.1. The third-order valence-electron chi connectivity index (χ3n) is 4.38. The zero-order valence-corrected chi connectivity index (χ0v) is 14.3. The summed E-state index contributed by atoms with van der Waals surface area (Å²) in [4.78, 5) is 34.9. The Hall–Kier alpha value is -2.93. The Kier molecular flexibility index (Phi) is 4.90. The van der Waals surface area contributed by atoms with E-state index >= 15 is 0 Å². The van der Waals surface area contributed by atoms with E-state index in [2.05, 4.69) is 5.32 Å². The first kappa shape index (κ1) is 17.9. The molecule has 26 heavy (non-hydrogen) atoms. The number of ketones is 1. The van der Waals surface area contributed by atoms with Gasteiger partial charge in [0.15, 0.2) is 11.5 Å². The summed E-state index contributed by atoms with van der Waals surface area (Å²) in [6.45, 7) is 2.05. The Morgan fingerprint density at radius 1 is 1.15 bits per heavy atom. The number of amides is 1. The fourth-order valence-electron chi connectivity index (χ4n) is 2.97. The first-order valence-electron chi connectivity index (χ1n) is 8.22. The first-order chi connectivity index (χ1) is 12.4. The lowest BCUT2D eigenvalue weighted by Gasteiger charge is -2.26. The molecule has 1 aromatic heterocycles. The zero-order chi connectivity index (χ0) is 18.7. The van der Waals surface area contributed by atoms with Crippen LogP contribution in [0.25, 0.3) is 11.3 Å². The molecule has 2 aromatic rings. The Labute approximate surface area is 150 Å². The molecule has 7 heteroatoms. The lowest BCUT2D eigenvalue weighted by atomic mass is 9.94. The number of carboxylic acids is 1. The van der Waals surface area contributed by atoms with Crippen molar-refractivity contribution < 1.29 is 28.6 Å². The molecule has 0 radical (unpaired) electrons. The van der Waals surface area contributed by atoms with Gasteiger partial charge in [-0.3, -0.25) is 14.4 Å². The summed E-state index contributed by atoms with van der Waals surface area (Å²) in [6.07, 6.45) is 0.226. The van der Waals surface area contributed by atoms with Gasteiger partial charge in [0.2, 0.25) is 0 Å². The Morgan fingerprint density at radius 2 is 1.88 bits per heavy atom. The van der Waals surface area contributed by atoms with E-state index in [1.54, 1.807) is 30.3 Å². The average Bonchev–Trinajstić information content (AvgIpc) is 3.24. The van der Waals surface area contributed by atoms with Gasteiger partial charge in [-0.25, -0.2) is 0 Å². The van der Waals surface area contributed by atoms with Crippen LogP contribution in [-0.4, -0.2) is 41.5 Å². The number of aliphatic carboxylic acids is 1. The molecule has 1 atom stereocenters. The van der Waals surface area contributed by atoms with Crippen LogP contribution in [0.3, 0.4) is 0 Å². The average molecular weight is 357 g/mol. The van der Waals surface area contributed by atoms with E-state index in [9.17, 15) is 14.4 Å². The second-order valence-electron chi connectivity index (χ2n) is 6.40. The van der Waals surface area contributed by atoms with Crippen molar-refractivity contribution in [3.8, 4) is 11.3 Å². The van der Waals surface area contributed by atoms with Crippen LogP contribution in [0.15, 0.2) is 40.8 Å². The number of carbonyl (C=O) groups excluding carboxylic acids is 2. The molecule has 136 valence electrons. The molecular formula is C19H19NO6. The summed E-state index contributed by atoms with van der Waals surface area (Å²) >= 11 is 0. The molecule has 0 bridgehead atoms. The molecule has 0 saturated carbocycles. The Balaban J connectivity index is 1.75. The van der Waals surface area contributed by atoms with E-state index in [4.69, 9.17) is 14.3 Å². The monoisotopic (exact) mass is 357 g/mol. The molecule has 2 N–H and O–H groups in total. The van der Waals surface area contributed by atoms with Crippen molar-refractivity contribution in [3.63, 3.8) is 0 Å². The van der Waals surface area contributed by atoms with E-state index in [1.807, 2.05) is 0 Å². The maximum absolute atomic E-state index is 12.5. The second kappa shape index (κ2) is 7.13. The number of benzene rings is 1. The fraction of sp³-hybridized carbons (Fsp3) is 0.316. The number of furan rings is 1. The van der Waals surface area contributed by atoms with Gasteiger partial charge in [0.05, 0.1) is 18.6 Å². The molecule has 1 fully saturated rings. The minimum Gasteiger partial charge on any atom is -0.481 e. The maximum Gasteiger partial charge on any atom is 0.305 e. The van der Waals surface area contributed by atoms with Gasteiger partial charge >= 0.3 is 5.97 Å². The highest BCUT2D eigenvalue weighted by atomic mass is 16.5. The van der Waals surface area contributed by atoms with Gasteiger partial charge in [0.25, 0.3) is 5.91 Å². The normalized spacial score (nSPS) is 19.3. The van der Waals surface area contributed by atoms with Crippen molar-refractivity contribution in [2.45, 2.75) is 25.3 Å². The van der Waals surface area contributed by atoms with Gasteiger partial charge in [-0.2, -0.15) is 0 Å². The van der Waals surface area contributed by atoms with Crippen molar-refractivity contribution in [2.75, 3.05) is 13.2 Å². The lowest BCUT2D eigenvalue weighted by Crippen LogP contribution is -2.50. The number of hydrogen-bond donors (Lipinski definition) is 2. The summed E-state index contributed by atoms with van der Waals surface area (Å²) < 4.78 is 10.9. The molecule has 1 aliphatic heterocycles. The molecule has 7 nitrogen and oxygen atoms in total. The van der Waals surface area contributed by atoms with E-state index in [1.165, 1.54) is 13.0 Å². The van der Waals surface area contributed by atoms with Gasteiger partial charge in [0, 0.05) is 17.7 Å². The van der Waals surface area contributed by atoms with Crippen molar-refractivity contribution in [3.05, 3.63) is 47.7 Å². The zero-order valence-electron chi connectivity index (χ0n) is 14.3. The molecule has 0 aliphatic carbocycles. The third kappa shape index (κ3) is 3.83. The summed E-state index contributed by atoms with van der Waals surface area (Å²) in [5.74, 6) is -0.934.